The van der Waals surface area contributed by atoms with E-state index in [1.54, 1.807) is 0 Å². The summed E-state index contributed by atoms with van der Waals surface area (Å²) in [6.45, 7) is 5.05. The molecule has 0 fully saturated rings. The molecule has 0 radical (unpaired) electrons. The van der Waals surface area contributed by atoms with Crippen molar-refractivity contribution in [3.63, 3.8) is 0 Å². The Kier molecular flexibility index (Phi) is 5.55. The topological polar surface area (TPSA) is 86.0 Å². The Morgan fingerprint density at radius 3 is 2.74 bits per heavy atom. The van der Waals surface area contributed by atoms with E-state index in [-0.39, 0.29) is 23.8 Å². The average molecular weight is 431 g/mol. The van der Waals surface area contributed by atoms with Gasteiger partial charge in [-0.1, -0.05) is 6.07 Å². The Balaban J connectivity index is 2.00. The molecule has 124 valence electrons. The Morgan fingerprint density at radius 2 is 2.09 bits per heavy atom. The van der Waals surface area contributed by atoms with Gasteiger partial charge in [-0.05, 0) is 61.6 Å². The molecule has 1 atom stereocenters. The van der Waals surface area contributed by atoms with E-state index in [1.807, 2.05) is 31.2 Å². The van der Waals surface area contributed by atoms with Gasteiger partial charge in [0.05, 0.1) is 6.04 Å². The lowest BCUT2D eigenvalue weighted by molar-refractivity contribution is 0.206. The van der Waals surface area contributed by atoms with Gasteiger partial charge in [0.2, 0.25) is 11.9 Å². The lowest BCUT2D eigenvalue weighted by Gasteiger charge is -2.17. The number of nitrogens with two attached hydrogens (primary N) is 1. The second-order valence-corrected chi connectivity index (χ2v) is 6.87. The van der Waals surface area contributed by atoms with Crippen LogP contribution in [0.25, 0.3) is 0 Å². The van der Waals surface area contributed by atoms with Crippen molar-refractivity contribution in [2.75, 3.05) is 17.7 Å². The molecule has 0 bridgehead atoms. The van der Waals surface area contributed by atoms with Gasteiger partial charge >= 0.3 is 0 Å². The molecule has 0 aliphatic carbocycles. The molecule has 1 heterocycles. The summed E-state index contributed by atoms with van der Waals surface area (Å²) >= 11 is 2.22. The van der Waals surface area contributed by atoms with Crippen molar-refractivity contribution in [3.05, 3.63) is 33.7 Å². The maximum atomic E-state index is 14.0. The predicted molar refractivity (Wildman–Crippen MR) is 96.1 cm³/mol. The fourth-order valence-corrected chi connectivity index (χ4v) is 2.28. The number of aromatic nitrogens is 3. The summed E-state index contributed by atoms with van der Waals surface area (Å²) in [7, 11) is 0. The maximum absolute atomic E-state index is 14.0. The van der Waals surface area contributed by atoms with E-state index in [0.717, 1.165) is 9.32 Å². The van der Waals surface area contributed by atoms with Gasteiger partial charge in [0.25, 0.3) is 0 Å². The number of benzene rings is 1. The van der Waals surface area contributed by atoms with E-state index >= 15 is 0 Å². The van der Waals surface area contributed by atoms with Crippen LogP contribution in [0, 0.1) is 3.57 Å². The van der Waals surface area contributed by atoms with E-state index in [1.165, 1.54) is 13.8 Å². The third-order valence-electron chi connectivity index (χ3n) is 2.86. The first kappa shape index (κ1) is 17.6. The number of ether oxygens (including phenoxy) is 1. The summed E-state index contributed by atoms with van der Waals surface area (Å²) in [6.07, 6.45) is 0. The Morgan fingerprint density at radius 1 is 1.35 bits per heavy atom. The maximum Gasteiger partial charge on any atom is 0.228 e. The molecule has 1 unspecified atom stereocenters. The van der Waals surface area contributed by atoms with Crippen molar-refractivity contribution in [2.24, 2.45) is 0 Å². The smallest absolute Gasteiger partial charge is 0.228 e. The summed E-state index contributed by atoms with van der Waals surface area (Å²) in [4.78, 5) is 11.9. The lowest BCUT2D eigenvalue weighted by atomic mass is 10.1. The molecular formula is C15H19FIN5O. The molecular weight excluding hydrogens is 412 g/mol. The van der Waals surface area contributed by atoms with Crippen LogP contribution in [-0.4, -0.2) is 27.6 Å². The van der Waals surface area contributed by atoms with Crippen LogP contribution in [0.1, 0.15) is 26.6 Å². The van der Waals surface area contributed by atoms with Crippen LogP contribution in [0.5, 0.6) is 5.75 Å². The summed E-state index contributed by atoms with van der Waals surface area (Å²) < 4.78 is 20.8. The van der Waals surface area contributed by atoms with Gasteiger partial charge in [-0.25, -0.2) is 4.39 Å². The quantitative estimate of drug-likeness (QED) is 0.684. The first-order chi connectivity index (χ1) is 10.7. The van der Waals surface area contributed by atoms with Crippen LogP contribution in [-0.2, 0) is 5.67 Å². The first-order valence-electron chi connectivity index (χ1n) is 7.10. The van der Waals surface area contributed by atoms with Crippen molar-refractivity contribution >= 4 is 34.5 Å². The van der Waals surface area contributed by atoms with Crippen LogP contribution < -0.4 is 15.8 Å². The number of rotatable bonds is 6. The second kappa shape index (κ2) is 7.24. The number of nitrogen functional groups attached to an aromatic ring is 1. The normalized spacial score (nSPS) is 12.7. The molecule has 0 aliphatic rings. The summed E-state index contributed by atoms with van der Waals surface area (Å²) in [5, 5.41) is 3.04. The molecule has 0 saturated carbocycles. The minimum Gasteiger partial charge on any atom is -0.491 e. The fourth-order valence-electron chi connectivity index (χ4n) is 1.76. The third kappa shape index (κ3) is 5.45. The van der Waals surface area contributed by atoms with Gasteiger partial charge in [0, 0.05) is 3.57 Å². The molecule has 6 nitrogen and oxygen atoms in total. The molecule has 1 aromatic heterocycles. The molecule has 0 aliphatic heterocycles. The SMILES string of the molecule is CC(COc1cccc(I)c1)Nc1nc(N)nc(C(C)(C)F)n1. The van der Waals surface area contributed by atoms with Gasteiger partial charge in [0.15, 0.2) is 11.5 Å². The highest BCUT2D eigenvalue weighted by Gasteiger charge is 2.24. The number of halogens is 2. The van der Waals surface area contributed by atoms with Crippen molar-refractivity contribution < 1.29 is 9.13 Å². The Labute approximate surface area is 148 Å². The Hall–Kier alpha value is -1.71. The van der Waals surface area contributed by atoms with Crippen LogP contribution >= 0.6 is 22.6 Å². The highest BCUT2D eigenvalue weighted by Crippen LogP contribution is 2.22. The van der Waals surface area contributed by atoms with Gasteiger partial charge in [-0.15, -0.1) is 0 Å². The second-order valence-electron chi connectivity index (χ2n) is 5.63. The molecule has 2 aromatic rings. The minimum absolute atomic E-state index is 0.00164. The largest absolute Gasteiger partial charge is 0.491 e. The third-order valence-corrected chi connectivity index (χ3v) is 3.53. The van der Waals surface area contributed by atoms with Gasteiger partial charge in [-0.2, -0.15) is 15.0 Å². The van der Waals surface area contributed by atoms with E-state index in [2.05, 4.69) is 42.9 Å². The van der Waals surface area contributed by atoms with Crippen LogP contribution in [0.4, 0.5) is 16.3 Å². The summed E-state index contributed by atoms with van der Waals surface area (Å²) in [5.74, 6) is 0.996. The first-order valence-corrected chi connectivity index (χ1v) is 8.18. The molecule has 1 aromatic carbocycles. The van der Waals surface area contributed by atoms with Crippen molar-refractivity contribution in [1.29, 1.82) is 0 Å². The van der Waals surface area contributed by atoms with Crippen molar-refractivity contribution in [2.45, 2.75) is 32.5 Å². The molecule has 0 saturated heterocycles. The van der Waals surface area contributed by atoms with Gasteiger partial charge in [-0.3, -0.25) is 0 Å². The van der Waals surface area contributed by atoms with Gasteiger partial charge in [0.1, 0.15) is 12.4 Å². The van der Waals surface area contributed by atoms with Crippen LogP contribution in [0.3, 0.4) is 0 Å². The van der Waals surface area contributed by atoms with Gasteiger partial charge < -0.3 is 15.8 Å². The highest BCUT2D eigenvalue weighted by atomic mass is 127. The zero-order chi connectivity index (χ0) is 17.0. The lowest BCUT2D eigenvalue weighted by Crippen LogP contribution is -2.26. The standard InChI is InChI=1S/C15H19FIN5O/c1-9(8-23-11-6-4-5-10(17)7-11)19-14-21-12(15(2,3)16)20-13(18)22-14/h4-7,9H,8H2,1-3H3,(H3,18,19,20,21,22). The number of nitrogens with one attached hydrogen (secondary N) is 1. The van der Waals surface area contributed by atoms with Crippen molar-refractivity contribution in [3.8, 4) is 5.75 Å². The average Bonchev–Trinajstić information content (AvgIpc) is 2.44. The number of alkyl halides is 1. The summed E-state index contributed by atoms with van der Waals surface area (Å²) in [5.41, 5.74) is 3.93. The molecule has 2 rings (SSSR count). The fraction of sp³-hybridized carbons (Fsp3) is 0.400. The number of hydrogen-bond donors (Lipinski definition) is 2. The minimum atomic E-state index is -1.69. The number of anilines is 2. The monoisotopic (exact) mass is 431 g/mol. The zero-order valence-electron chi connectivity index (χ0n) is 13.2. The van der Waals surface area contributed by atoms with E-state index in [9.17, 15) is 4.39 Å². The number of nitrogens with zero attached hydrogens (tertiary/aromatic N) is 3. The van der Waals surface area contributed by atoms with E-state index < -0.39 is 5.67 Å². The Bertz CT molecular complexity index is 677. The zero-order valence-corrected chi connectivity index (χ0v) is 15.3. The van der Waals surface area contributed by atoms with E-state index in [0.29, 0.717) is 6.61 Å². The molecule has 0 amide bonds. The molecule has 8 heteroatoms. The van der Waals surface area contributed by atoms with Crippen LogP contribution in [0.2, 0.25) is 0 Å². The molecule has 23 heavy (non-hydrogen) atoms. The highest BCUT2D eigenvalue weighted by molar-refractivity contribution is 14.1. The summed E-state index contributed by atoms with van der Waals surface area (Å²) in [6, 6.07) is 7.66. The molecule has 0 spiro atoms. The molecule has 3 N–H and O–H groups in total. The van der Waals surface area contributed by atoms with E-state index in [4.69, 9.17) is 10.5 Å². The van der Waals surface area contributed by atoms with Crippen LogP contribution in [0.15, 0.2) is 24.3 Å². The van der Waals surface area contributed by atoms with Crippen molar-refractivity contribution in [1.82, 2.24) is 15.0 Å². The number of hydrogen-bond acceptors (Lipinski definition) is 6. The predicted octanol–water partition coefficient (Wildman–Crippen LogP) is 3.14.